The zero-order valence-electron chi connectivity index (χ0n) is 25.1. The second kappa shape index (κ2) is 11.3. The normalized spacial score (nSPS) is 33.2. The summed E-state index contributed by atoms with van der Waals surface area (Å²) in [5, 5.41) is 6.36. The van der Waals surface area contributed by atoms with Crippen LogP contribution in [0.5, 0.6) is 0 Å². The number of carbonyl (C=O) groups is 3. The molecular formula is C35H43N3O4. The number of nitrogens with one attached hydrogen (secondary N) is 2. The number of rotatable bonds is 8. The van der Waals surface area contributed by atoms with Crippen LogP contribution in [0.15, 0.2) is 66.7 Å². The van der Waals surface area contributed by atoms with E-state index in [-0.39, 0.29) is 23.8 Å². The van der Waals surface area contributed by atoms with Crippen LogP contribution in [0.4, 0.5) is 5.69 Å². The van der Waals surface area contributed by atoms with Crippen molar-refractivity contribution in [2.75, 3.05) is 11.9 Å². The molecule has 1 spiro atoms. The summed E-state index contributed by atoms with van der Waals surface area (Å²) >= 11 is 0. The van der Waals surface area contributed by atoms with E-state index in [1.165, 1.54) is 5.56 Å². The minimum atomic E-state index is -1.16. The molecule has 2 saturated heterocycles. The van der Waals surface area contributed by atoms with E-state index in [1.54, 1.807) is 4.90 Å². The summed E-state index contributed by atoms with van der Waals surface area (Å²) in [5.74, 6) is -0.813. The Morgan fingerprint density at radius 3 is 2.48 bits per heavy atom. The van der Waals surface area contributed by atoms with Gasteiger partial charge in [-0.15, -0.1) is 0 Å². The van der Waals surface area contributed by atoms with Gasteiger partial charge in [0.15, 0.2) is 0 Å². The van der Waals surface area contributed by atoms with Crippen LogP contribution in [-0.4, -0.2) is 53.0 Å². The van der Waals surface area contributed by atoms with Crippen molar-refractivity contribution in [1.82, 2.24) is 10.2 Å². The lowest BCUT2D eigenvalue weighted by atomic mass is 9.73. The molecule has 0 radical (unpaired) electrons. The first-order valence-corrected chi connectivity index (χ1v) is 15.6. The molecule has 3 heterocycles. The van der Waals surface area contributed by atoms with Gasteiger partial charge in [0.05, 0.1) is 17.9 Å². The first-order valence-electron chi connectivity index (χ1n) is 15.6. The van der Waals surface area contributed by atoms with Crippen molar-refractivity contribution in [3.05, 3.63) is 77.9 Å². The van der Waals surface area contributed by atoms with Crippen LogP contribution in [0.2, 0.25) is 0 Å². The third-order valence-corrected chi connectivity index (χ3v) is 10.3. The third kappa shape index (κ3) is 4.96. The molecule has 0 unspecified atom stereocenters. The lowest BCUT2D eigenvalue weighted by Crippen LogP contribution is -2.58. The predicted molar refractivity (Wildman–Crippen MR) is 163 cm³/mol. The summed E-state index contributed by atoms with van der Waals surface area (Å²) in [6, 6.07) is 17.0. The van der Waals surface area contributed by atoms with Crippen molar-refractivity contribution in [1.29, 1.82) is 0 Å². The van der Waals surface area contributed by atoms with Gasteiger partial charge >= 0.3 is 0 Å². The monoisotopic (exact) mass is 569 g/mol. The molecule has 1 saturated carbocycles. The van der Waals surface area contributed by atoms with E-state index >= 15 is 0 Å². The molecule has 3 aliphatic heterocycles. The van der Waals surface area contributed by atoms with Gasteiger partial charge in [0.1, 0.15) is 11.6 Å². The molecule has 0 aromatic heterocycles. The minimum absolute atomic E-state index is 0.0539. The molecule has 2 aromatic rings. The SMILES string of the molecule is CC(C)c1ccc(NC(=O)[C@H]2[C@H]3C=C[C@@]4(O3)[C@H]2C(=O)N(CCc2ccccc2)[C@@H]4C(=O)N[C@@H]2CCC[C@@H](C)[C@@H]2C)cc1. The van der Waals surface area contributed by atoms with Gasteiger partial charge in [-0.1, -0.05) is 95.2 Å². The van der Waals surface area contributed by atoms with Gasteiger partial charge in [0.25, 0.3) is 0 Å². The molecule has 4 aliphatic rings. The Balaban J connectivity index is 1.28. The minimum Gasteiger partial charge on any atom is -0.359 e. The summed E-state index contributed by atoms with van der Waals surface area (Å²) < 4.78 is 6.53. The van der Waals surface area contributed by atoms with Gasteiger partial charge in [-0.3, -0.25) is 14.4 Å². The van der Waals surface area contributed by atoms with Gasteiger partial charge in [-0.05, 0) is 53.9 Å². The maximum atomic E-state index is 14.3. The fourth-order valence-electron chi connectivity index (χ4n) is 7.63. The summed E-state index contributed by atoms with van der Waals surface area (Å²) in [6.45, 7) is 9.08. The number of ether oxygens (including phenoxy) is 1. The van der Waals surface area contributed by atoms with E-state index in [2.05, 4.69) is 38.3 Å². The van der Waals surface area contributed by atoms with Gasteiger partial charge < -0.3 is 20.3 Å². The highest BCUT2D eigenvalue weighted by molar-refractivity contribution is 6.02. The van der Waals surface area contributed by atoms with Gasteiger partial charge in [0, 0.05) is 18.3 Å². The Hall–Kier alpha value is -3.45. The van der Waals surface area contributed by atoms with E-state index in [1.807, 2.05) is 66.7 Å². The maximum absolute atomic E-state index is 14.3. The maximum Gasteiger partial charge on any atom is 0.246 e. The number of hydrogen-bond donors (Lipinski definition) is 2. The number of amides is 3. The molecule has 7 nitrogen and oxygen atoms in total. The van der Waals surface area contributed by atoms with Crippen molar-refractivity contribution in [3.8, 4) is 0 Å². The van der Waals surface area contributed by atoms with Gasteiger partial charge in [0.2, 0.25) is 17.7 Å². The number of carbonyl (C=O) groups excluding carboxylic acids is 3. The summed E-state index contributed by atoms with van der Waals surface area (Å²) in [7, 11) is 0. The number of hydrogen-bond acceptors (Lipinski definition) is 4. The molecule has 6 rings (SSSR count). The number of nitrogens with zero attached hydrogens (tertiary/aromatic N) is 1. The molecule has 1 aliphatic carbocycles. The molecule has 2 aromatic carbocycles. The Morgan fingerprint density at radius 2 is 1.76 bits per heavy atom. The lowest BCUT2D eigenvalue weighted by molar-refractivity contribution is -0.141. The highest BCUT2D eigenvalue weighted by Crippen LogP contribution is 2.55. The molecule has 3 amide bonds. The first kappa shape index (κ1) is 28.7. The average Bonchev–Trinajstić information content (AvgIpc) is 3.62. The van der Waals surface area contributed by atoms with Crippen molar-refractivity contribution < 1.29 is 19.1 Å². The topological polar surface area (TPSA) is 87.7 Å². The van der Waals surface area contributed by atoms with E-state index in [9.17, 15) is 14.4 Å². The second-order valence-electron chi connectivity index (χ2n) is 13.1. The predicted octanol–water partition coefficient (Wildman–Crippen LogP) is 5.08. The molecule has 3 fully saturated rings. The van der Waals surface area contributed by atoms with E-state index < -0.39 is 29.6 Å². The summed E-state index contributed by atoms with van der Waals surface area (Å²) in [4.78, 5) is 43.9. The average molecular weight is 570 g/mol. The van der Waals surface area contributed by atoms with Crippen molar-refractivity contribution >= 4 is 23.4 Å². The van der Waals surface area contributed by atoms with Crippen LogP contribution >= 0.6 is 0 Å². The second-order valence-corrected chi connectivity index (χ2v) is 13.1. The molecule has 42 heavy (non-hydrogen) atoms. The van der Waals surface area contributed by atoms with Crippen LogP contribution in [-0.2, 0) is 25.5 Å². The van der Waals surface area contributed by atoms with Crippen LogP contribution < -0.4 is 10.6 Å². The Bertz CT molecular complexity index is 1360. The van der Waals surface area contributed by atoms with Crippen LogP contribution in [0, 0.1) is 23.7 Å². The Morgan fingerprint density at radius 1 is 1.02 bits per heavy atom. The van der Waals surface area contributed by atoms with Crippen LogP contribution in [0.25, 0.3) is 0 Å². The number of benzene rings is 2. The quantitative estimate of drug-likeness (QED) is 0.434. The fraction of sp³-hybridized carbons (Fsp3) is 0.514. The standard InChI is InChI=1S/C35H43N3O4/c1-21(2)25-13-15-26(16-14-25)36-32(39)29-28-17-19-35(42-28)30(29)34(41)38(20-18-24-10-6-5-7-11-24)31(35)33(40)37-27-12-8-9-22(3)23(27)4/h5-7,10-11,13-17,19,21-23,27-31H,8-9,12,18,20H2,1-4H3,(H,36,39)(H,37,40)/t22-,23+,27-,28-,29+,30-,31-,35-/m1/s1. The molecular weight excluding hydrogens is 526 g/mol. The van der Waals surface area contributed by atoms with Crippen LogP contribution in [0.1, 0.15) is 64.0 Å². The number of likely N-dealkylation sites (tertiary alicyclic amines) is 1. The summed E-state index contributed by atoms with van der Waals surface area (Å²) in [6.07, 6.45) is 7.00. The molecule has 222 valence electrons. The molecule has 2 bridgehead atoms. The Kier molecular flexibility index (Phi) is 7.73. The van der Waals surface area contributed by atoms with E-state index in [4.69, 9.17) is 4.74 Å². The zero-order chi connectivity index (χ0) is 29.6. The van der Waals surface area contributed by atoms with Crippen molar-refractivity contribution in [3.63, 3.8) is 0 Å². The van der Waals surface area contributed by atoms with Crippen molar-refractivity contribution in [2.24, 2.45) is 23.7 Å². The van der Waals surface area contributed by atoms with E-state index in [0.717, 1.165) is 24.8 Å². The highest BCUT2D eigenvalue weighted by Gasteiger charge is 2.72. The smallest absolute Gasteiger partial charge is 0.246 e. The molecule has 8 atom stereocenters. The Labute approximate surface area is 249 Å². The number of anilines is 1. The summed E-state index contributed by atoms with van der Waals surface area (Å²) in [5.41, 5.74) is 1.81. The molecule has 2 N–H and O–H groups in total. The first-order chi connectivity index (χ1) is 20.2. The fourth-order valence-corrected chi connectivity index (χ4v) is 7.63. The molecule has 7 heteroatoms. The third-order valence-electron chi connectivity index (χ3n) is 10.3. The number of fused-ring (bicyclic) bond motifs is 1. The largest absolute Gasteiger partial charge is 0.359 e. The van der Waals surface area contributed by atoms with Gasteiger partial charge in [-0.25, -0.2) is 0 Å². The zero-order valence-corrected chi connectivity index (χ0v) is 25.1. The highest BCUT2D eigenvalue weighted by atomic mass is 16.5. The van der Waals surface area contributed by atoms with Gasteiger partial charge in [-0.2, -0.15) is 0 Å². The van der Waals surface area contributed by atoms with Crippen molar-refractivity contribution in [2.45, 2.75) is 83.1 Å². The lowest BCUT2D eigenvalue weighted by Gasteiger charge is -2.38. The van der Waals surface area contributed by atoms with Crippen LogP contribution in [0.3, 0.4) is 0 Å². The van der Waals surface area contributed by atoms with E-state index in [0.29, 0.717) is 36.4 Å².